The number of hydrogen-bond donors (Lipinski definition) is 0. The summed E-state index contributed by atoms with van der Waals surface area (Å²) in [5, 5.41) is 0. The van der Waals surface area contributed by atoms with E-state index in [1.165, 1.54) is 37.1 Å². The molecule has 0 amide bonds. The van der Waals surface area contributed by atoms with Gasteiger partial charge in [0, 0.05) is 12.1 Å². The highest BCUT2D eigenvalue weighted by molar-refractivity contribution is 5.50. The molecule has 2 aliphatic rings. The van der Waals surface area contributed by atoms with Gasteiger partial charge in [0.2, 0.25) is 6.79 Å². The number of benzene rings is 2. The molecule has 0 aliphatic carbocycles. The van der Waals surface area contributed by atoms with Crippen molar-refractivity contribution in [2.24, 2.45) is 11.3 Å². The van der Waals surface area contributed by atoms with Crippen LogP contribution in [0.15, 0.2) is 48.5 Å². The second-order valence-electron chi connectivity index (χ2n) is 10.7. The lowest BCUT2D eigenvalue weighted by Gasteiger charge is -2.38. The summed E-state index contributed by atoms with van der Waals surface area (Å²) in [4.78, 5) is 2.59. The molecule has 0 radical (unpaired) electrons. The van der Waals surface area contributed by atoms with Gasteiger partial charge in [0.05, 0.1) is 0 Å². The Kier molecular flexibility index (Phi) is 7.13. The molecule has 1 saturated heterocycles. The van der Waals surface area contributed by atoms with Gasteiger partial charge in [-0.25, -0.2) is 0 Å². The first kappa shape index (κ1) is 22.7. The zero-order chi connectivity index (χ0) is 21.8. The van der Waals surface area contributed by atoms with Crippen LogP contribution in [-0.4, -0.2) is 24.8 Å². The normalized spacial score (nSPS) is 17.4. The monoisotopic (exact) mass is 409 g/mol. The number of para-hydroxylation sites is 1. The number of fused-ring (bicyclic) bond motifs is 1. The fourth-order valence-electron chi connectivity index (χ4n) is 4.32. The van der Waals surface area contributed by atoms with Crippen molar-refractivity contribution < 1.29 is 9.47 Å². The second kappa shape index (κ2) is 9.43. The van der Waals surface area contributed by atoms with Crippen molar-refractivity contribution in [3.8, 4) is 11.5 Å². The molecule has 2 aromatic carbocycles. The van der Waals surface area contributed by atoms with Crippen LogP contribution in [0.1, 0.15) is 65.5 Å². The average Bonchev–Trinajstić information content (AvgIpc) is 3.17. The van der Waals surface area contributed by atoms with E-state index in [2.05, 4.69) is 82.8 Å². The third-order valence-corrected chi connectivity index (χ3v) is 6.27. The standard InChI is InChI=1S/C16H25N.C11H14O2/c1-16(2,3)15-9-11-17(12-10-15)13-14-7-5-4-6-8-14;1-11(2,3)8-5-4-6-9-10(8)13-7-12-9/h4-8,15H,9-13H2,1-3H3;4-6H,7H2,1-3H3. The summed E-state index contributed by atoms with van der Waals surface area (Å²) in [5.74, 6) is 2.68. The van der Waals surface area contributed by atoms with E-state index in [4.69, 9.17) is 9.47 Å². The molecule has 0 atom stereocenters. The van der Waals surface area contributed by atoms with Crippen LogP contribution in [0.5, 0.6) is 11.5 Å². The minimum Gasteiger partial charge on any atom is -0.454 e. The van der Waals surface area contributed by atoms with Gasteiger partial charge in [0.25, 0.3) is 0 Å². The maximum absolute atomic E-state index is 5.43. The molecule has 3 heteroatoms. The van der Waals surface area contributed by atoms with E-state index in [1.807, 2.05) is 12.1 Å². The predicted octanol–water partition coefficient (Wildman–Crippen LogP) is 6.66. The topological polar surface area (TPSA) is 21.7 Å². The summed E-state index contributed by atoms with van der Waals surface area (Å²) in [6.45, 7) is 17.6. The average molecular weight is 410 g/mol. The van der Waals surface area contributed by atoms with Crippen LogP contribution in [0, 0.1) is 11.3 Å². The fraction of sp³-hybridized carbons (Fsp3) is 0.556. The Labute approximate surface area is 183 Å². The van der Waals surface area contributed by atoms with Gasteiger partial charge in [0.15, 0.2) is 11.5 Å². The van der Waals surface area contributed by atoms with E-state index < -0.39 is 0 Å². The zero-order valence-electron chi connectivity index (χ0n) is 19.7. The Balaban J connectivity index is 0.000000177. The zero-order valence-corrected chi connectivity index (χ0v) is 19.7. The number of rotatable bonds is 2. The highest BCUT2D eigenvalue weighted by atomic mass is 16.7. The van der Waals surface area contributed by atoms with Gasteiger partial charge in [-0.05, 0) is 54.3 Å². The predicted molar refractivity (Wildman–Crippen MR) is 125 cm³/mol. The molecule has 30 heavy (non-hydrogen) atoms. The SMILES string of the molecule is CC(C)(C)C1CCN(Cc2ccccc2)CC1.CC(C)(C)c1cccc2c1OCO2. The largest absolute Gasteiger partial charge is 0.454 e. The van der Waals surface area contributed by atoms with Crippen LogP contribution in [0.3, 0.4) is 0 Å². The molecule has 0 unspecified atom stereocenters. The van der Waals surface area contributed by atoms with E-state index in [0.29, 0.717) is 12.2 Å². The van der Waals surface area contributed by atoms with Crippen LogP contribution < -0.4 is 9.47 Å². The third kappa shape index (κ3) is 6.01. The molecule has 4 rings (SSSR count). The van der Waals surface area contributed by atoms with Crippen molar-refractivity contribution >= 4 is 0 Å². The van der Waals surface area contributed by atoms with Crippen molar-refractivity contribution in [1.29, 1.82) is 0 Å². The van der Waals surface area contributed by atoms with Crippen molar-refractivity contribution in [1.82, 2.24) is 4.90 Å². The second-order valence-corrected chi connectivity index (χ2v) is 10.7. The van der Waals surface area contributed by atoms with Crippen LogP contribution in [0.4, 0.5) is 0 Å². The third-order valence-electron chi connectivity index (χ3n) is 6.27. The van der Waals surface area contributed by atoms with Crippen LogP contribution in [-0.2, 0) is 12.0 Å². The van der Waals surface area contributed by atoms with E-state index >= 15 is 0 Å². The Morgan fingerprint density at radius 2 is 1.50 bits per heavy atom. The van der Waals surface area contributed by atoms with E-state index in [9.17, 15) is 0 Å². The maximum Gasteiger partial charge on any atom is 0.231 e. The number of nitrogens with zero attached hydrogens (tertiary/aromatic N) is 1. The van der Waals surface area contributed by atoms with E-state index in [1.54, 1.807) is 0 Å². The first-order chi connectivity index (χ1) is 14.1. The fourth-order valence-corrected chi connectivity index (χ4v) is 4.32. The van der Waals surface area contributed by atoms with Gasteiger partial charge in [-0.2, -0.15) is 0 Å². The van der Waals surface area contributed by atoms with Crippen molar-refractivity contribution in [2.75, 3.05) is 19.9 Å². The maximum atomic E-state index is 5.43. The molecular formula is C27H39NO2. The van der Waals surface area contributed by atoms with Crippen molar-refractivity contribution in [3.05, 3.63) is 59.7 Å². The van der Waals surface area contributed by atoms with Gasteiger partial charge >= 0.3 is 0 Å². The van der Waals surface area contributed by atoms with Crippen LogP contribution in [0.25, 0.3) is 0 Å². The molecule has 0 spiro atoms. The summed E-state index contributed by atoms with van der Waals surface area (Å²) in [5.41, 5.74) is 3.25. The van der Waals surface area contributed by atoms with Crippen molar-refractivity contribution in [2.45, 2.75) is 66.3 Å². The molecule has 2 aromatic rings. The summed E-state index contributed by atoms with van der Waals surface area (Å²) >= 11 is 0. The molecular weight excluding hydrogens is 370 g/mol. The first-order valence-electron chi connectivity index (χ1n) is 11.3. The molecule has 1 fully saturated rings. The number of ether oxygens (including phenoxy) is 2. The number of hydrogen-bond acceptors (Lipinski definition) is 3. The summed E-state index contributed by atoms with van der Waals surface area (Å²) in [6.07, 6.45) is 2.71. The highest BCUT2D eigenvalue weighted by Crippen LogP contribution is 2.41. The Bertz CT molecular complexity index is 794. The minimum absolute atomic E-state index is 0.110. The summed E-state index contributed by atoms with van der Waals surface area (Å²) in [6, 6.07) is 16.9. The van der Waals surface area contributed by atoms with Gasteiger partial charge < -0.3 is 9.47 Å². The molecule has 2 aliphatic heterocycles. The summed E-state index contributed by atoms with van der Waals surface area (Å²) < 4.78 is 10.7. The Morgan fingerprint density at radius 1 is 0.833 bits per heavy atom. The minimum atomic E-state index is 0.110. The van der Waals surface area contributed by atoms with Gasteiger partial charge in [-0.3, -0.25) is 4.90 Å². The van der Waals surface area contributed by atoms with E-state index in [0.717, 1.165) is 24.0 Å². The van der Waals surface area contributed by atoms with E-state index in [-0.39, 0.29) is 5.41 Å². The lowest BCUT2D eigenvalue weighted by Crippen LogP contribution is -2.37. The molecule has 2 heterocycles. The first-order valence-corrected chi connectivity index (χ1v) is 11.3. The molecule has 164 valence electrons. The molecule has 0 aromatic heterocycles. The number of piperidine rings is 1. The molecule has 0 N–H and O–H groups in total. The lowest BCUT2D eigenvalue weighted by atomic mass is 9.75. The van der Waals surface area contributed by atoms with Crippen LogP contribution in [0.2, 0.25) is 0 Å². The highest BCUT2D eigenvalue weighted by Gasteiger charge is 2.28. The molecule has 3 nitrogen and oxygen atoms in total. The van der Waals surface area contributed by atoms with Crippen molar-refractivity contribution in [3.63, 3.8) is 0 Å². The smallest absolute Gasteiger partial charge is 0.231 e. The van der Waals surface area contributed by atoms with Gasteiger partial charge in [-0.15, -0.1) is 0 Å². The molecule has 0 bridgehead atoms. The number of likely N-dealkylation sites (tertiary alicyclic amines) is 1. The molecule has 0 saturated carbocycles. The Hall–Kier alpha value is -2.00. The lowest BCUT2D eigenvalue weighted by molar-refractivity contribution is 0.108. The van der Waals surface area contributed by atoms with Crippen LogP contribution >= 0.6 is 0 Å². The Morgan fingerprint density at radius 3 is 2.10 bits per heavy atom. The van der Waals surface area contributed by atoms with Gasteiger partial charge in [0.1, 0.15) is 0 Å². The summed E-state index contributed by atoms with van der Waals surface area (Å²) in [7, 11) is 0. The quantitative estimate of drug-likeness (QED) is 0.554. The van der Waals surface area contributed by atoms with Gasteiger partial charge in [-0.1, -0.05) is 84.0 Å².